The highest BCUT2D eigenvalue weighted by molar-refractivity contribution is 5.47. The molecule has 0 aliphatic rings. The van der Waals surface area contributed by atoms with E-state index in [1.807, 2.05) is 18.3 Å². The smallest absolute Gasteiger partial charge is 0.227 e. The quantitative estimate of drug-likeness (QED) is 0.849. The van der Waals surface area contributed by atoms with Crippen molar-refractivity contribution in [3.8, 4) is 11.5 Å². The van der Waals surface area contributed by atoms with Gasteiger partial charge in [0.25, 0.3) is 0 Å². The van der Waals surface area contributed by atoms with Crippen LogP contribution in [-0.2, 0) is 6.42 Å². The number of hydrogen-bond acceptors (Lipinski definition) is 4. The van der Waals surface area contributed by atoms with Crippen LogP contribution in [0.1, 0.15) is 39.5 Å². The molecule has 0 bridgehead atoms. The first-order valence-corrected chi connectivity index (χ1v) is 7.17. The number of aromatic amines is 1. The van der Waals surface area contributed by atoms with E-state index in [0.717, 1.165) is 31.5 Å². The van der Waals surface area contributed by atoms with Crippen LogP contribution in [0.25, 0.3) is 11.5 Å². The number of aromatic nitrogens is 3. The van der Waals surface area contributed by atoms with Crippen LogP contribution in [0.4, 0.5) is 0 Å². The van der Waals surface area contributed by atoms with Gasteiger partial charge in [0, 0.05) is 12.6 Å². The third kappa shape index (κ3) is 3.70. The third-order valence-electron chi connectivity index (χ3n) is 3.75. The molecular weight excluding hydrogens is 252 g/mol. The lowest BCUT2D eigenvalue weighted by Crippen LogP contribution is -2.24. The molecule has 0 amide bonds. The van der Waals surface area contributed by atoms with Crippen LogP contribution >= 0.6 is 0 Å². The van der Waals surface area contributed by atoms with E-state index in [9.17, 15) is 0 Å². The average molecular weight is 276 g/mol. The highest BCUT2D eigenvalue weighted by atomic mass is 16.5. The zero-order valence-electron chi connectivity index (χ0n) is 12.5. The summed E-state index contributed by atoms with van der Waals surface area (Å²) in [6.45, 7) is 7.49. The molecule has 2 aromatic heterocycles. The summed E-state index contributed by atoms with van der Waals surface area (Å²) in [5.41, 5.74) is 6.84. The molecule has 0 fully saturated rings. The van der Waals surface area contributed by atoms with Gasteiger partial charge in [-0.15, -0.1) is 0 Å². The lowest BCUT2D eigenvalue weighted by Gasteiger charge is -2.30. The first-order chi connectivity index (χ1) is 9.50. The number of rotatable bonds is 6. The minimum Gasteiger partial charge on any atom is -0.359 e. The Kier molecular flexibility index (Phi) is 4.60. The van der Waals surface area contributed by atoms with Crippen LogP contribution in [0, 0.1) is 11.3 Å². The standard InChI is InChI=1S/C15H24N4O/c1-15(2,3)11(8-9-16)6-7-13-18-14(19-20-13)12-5-4-10-17-12/h4-5,10-11,17H,6-9,16H2,1-3H3. The minimum atomic E-state index is 0.252. The van der Waals surface area contributed by atoms with Gasteiger partial charge in [0.1, 0.15) is 0 Å². The molecule has 2 aromatic rings. The van der Waals surface area contributed by atoms with Crippen molar-refractivity contribution in [1.29, 1.82) is 0 Å². The molecule has 0 aliphatic heterocycles. The van der Waals surface area contributed by atoms with Crippen LogP contribution in [0.2, 0.25) is 0 Å². The first kappa shape index (κ1) is 14.8. The van der Waals surface area contributed by atoms with Gasteiger partial charge in [-0.05, 0) is 42.9 Å². The molecule has 2 heterocycles. The summed E-state index contributed by atoms with van der Waals surface area (Å²) in [4.78, 5) is 7.50. The molecule has 0 radical (unpaired) electrons. The molecule has 5 heteroatoms. The largest absolute Gasteiger partial charge is 0.359 e. The summed E-state index contributed by atoms with van der Waals surface area (Å²) in [5.74, 6) is 1.88. The van der Waals surface area contributed by atoms with Crippen LogP contribution in [0.5, 0.6) is 0 Å². The fourth-order valence-electron chi connectivity index (χ4n) is 2.44. The number of hydrogen-bond donors (Lipinski definition) is 2. The molecule has 20 heavy (non-hydrogen) atoms. The molecule has 0 saturated carbocycles. The molecule has 1 unspecified atom stereocenters. The summed E-state index contributed by atoms with van der Waals surface area (Å²) in [6.07, 6.45) is 4.70. The number of aryl methyl sites for hydroxylation is 1. The molecule has 5 nitrogen and oxygen atoms in total. The predicted octanol–water partition coefficient (Wildman–Crippen LogP) is 3.01. The Hall–Kier alpha value is -1.62. The van der Waals surface area contributed by atoms with Gasteiger partial charge < -0.3 is 15.2 Å². The monoisotopic (exact) mass is 276 g/mol. The van der Waals surface area contributed by atoms with E-state index in [4.69, 9.17) is 10.3 Å². The van der Waals surface area contributed by atoms with Crippen molar-refractivity contribution in [1.82, 2.24) is 15.1 Å². The molecule has 110 valence electrons. The van der Waals surface area contributed by atoms with Crippen molar-refractivity contribution in [2.45, 2.75) is 40.0 Å². The molecule has 0 aliphatic carbocycles. The third-order valence-corrected chi connectivity index (χ3v) is 3.75. The van der Waals surface area contributed by atoms with Gasteiger partial charge in [0.2, 0.25) is 11.7 Å². The van der Waals surface area contributed by atoms with Crippen LogP contribution in [-0.4, -0.2) is 21.7 Å². The number of nitrogens with one attached hydrogen (secondary N) is 1. The van der Waals surface area contributed by atoms with E-state index in [2.05, 4.69) is 35.9 Å². The molecule has 2 rings (SSSR count). The van der Waals surface area contributed by atoms with Gasteiger partial charge in [-0.2, -0.15) is 4.98 Å². The highest BCUT2D eigenvalue weighted by Gasteiger charge is 2.24. The lowest BCUT2D eigenvalue weighted by atomic mass is 9.76. The molecule has 0 spiro atoms. The second-order valence-corrected chi connectivity index (χ2v) is 6.27. The van der Waals surface area contributed by atoms with Crippen molar-refractivity contribution >= 4 is 0 Å². The van der Waals surface area contributed by atoms with Crippen molar-refractivity contribution in [2.24, 2.45) is 17.1 Å². The van der Waals surface area contributed by atoms with Crippen molar-refractivity contribution in [2.75, 3.05) is 6.54 Å². The molecule has 0 saturated heterocycles. The molecule has 1 atom stereocenters. The maximum Gasteiger partial charge on any atom is 0.227 e. The minimum absolute atomic E-state index is 0.252. The Bertz CT molecular complexity index is 510. The Morgan fingerprint density at radius 2 is 2.15 bits per heavy atom. The van der Waals surface area contributed by atoms with Crippen molar-refractivity contribution < 1.29 is 4.52 Å². The van der Waals surface area contributed by atoms with E-state index in [-0.39, 0.29) is 5.41 Å². The van der Waals surface area contributed by atoms with Gasteiger partial charge in [-0.1, -0.05) is 25.9 Å². The zero-order chi connectivity index (χ0) is 14.6. The van der Waals surface area contributed by atoms with Gasteiger partial charge in [-0.3, -0.25) is 0 Å². The molecule has 3 N–H and O–H groups in total. The summed E-state index contributed by atoms with van der Waals surface area (Å²) in [5, 5.41) is 4.00. The topological polar surface area (TPSA) is 80.7 Å². The van der Waals surface area contributed by atoms with E-state index < -0.39 is 0 Å². The summed E-state index contributed by atoms with van der Waals surface area (Å²) in [7, 11) is 0. The number of H-pyrrole nitrogens is 1. The van der Waals surface area contributed by atoms with Crippen LogP contribution in [0.3, 0.4) is 0 Å². The highest BCUT2D eigenvalue weighted by Crippen LogP contribution is 2.32. The van der Waals surface area contributed by atoms with Gasteiger partial charge in [0.15, 0.2) is 0 Å². The number of nitrogens with zero attached hydrogens (tertiary/aromatic N) is 2. The van der Waals surface area contributed by atoms with Crippen LogP contribution in [0.15, 0.2) is 22.9 Å². The van der Waals surface area contributed by atoms with Crippen molar-refractivity contribution in [3.05, 3.63) is 24.2 Å². The van der Waals surface area contributed by atoms with Crippen LogP contribution < -0.4 is 5.73 Å². The fraction of sp³-hybridized carbons (Fsp3) is 0.600. The van der Waals surface area contributed by atoms with E-state index >= 15 is 0 Å². The SMILES string of the molecule is CC(C)(C)C(CCN)CCc1nc(-c2ccc[nH]2)no1. The van der Waals surface area contributed by atoms with Gasteiger partial charge in [-0.25, -0.2) is 0 Å². The second-order valence-electron chi connectivity index (χ2n) is 6.27. The Morgan fingerprint density at radius 3 is 2.75 bits per heavy atom. The Labute approximate surface area is 120 Å². The Balaban J connectivity index is 1.97. The average Bonchev–Trinajstić information content (AvgIpc) is 3.03. The zero-order valence-corrected chi connectivity index (χ0v) is 12.5. The molecular formula is C15H24N4O. The maximum absolute atomic E-state index is 5.71. The van der Waals surface area contributed by atoms with Gasteiger partial charge in [0.05, 0.1) is 5.69 Å². The fourth-order valence-corrected chi connectivity index (χ4v) is 2.44. The van der Waals surface area contributed by atoms with Crippen molar-refractivity contribution in [3.63, 3.8) is 0 Å². The maximum atomic E-state index is 5.71. The summed E-state index contributed by atoms with van der Waals surface area (Å²) >= 11 is 0. The lowest BCUT2D eigenvalue weighted by molar-refractivity contribution is 0.208. The first-order valence-electron chi connectivity index (χ1n) is 7.17. The normalized spacial score (nSPS) is 13.6. The van der Waals surface area contributed by atoms with E-state index in [1.54, 1.807) is 0 Å². The van der Waals surface area contributed by atoms with Gasteiger partial charge >= 0.3 is 0 Å². The van der Waals surface area contributed by atoms with E-state index in [0.29, 0.717) is 17.6 Å². The Morgan fingerprint density at radius 1 is 1.35 bits per heavy atom. The summed E-state index contributed by atoms with van der Waals surface area (Å²) in [6, 6.07) is 3.85. The second kappa shape index (κ2) is 6.22. The predicted molar refractivity (Wildman–Crippen MR) is 79.0 cm³/mol. The molecule has 0 aromatic carbocycles. The van der Waals surface area contributed by atoms with E-state index in [1.165, 1.54) is 0 Å². The summed E-state index contributed by atoms with van der Waals surface area (Å²) < 4.78 is 5.32. The number of nitrogens with two attached hydrogens (primary N) is 1.